The first-order valence-corrected chi connectivity index (χ1v) is 28.4. The highest BCUT2D eigenvalue weighted by Gasteiger charge is 2.19. The van der Waals surface area contributed by atoms with Crippen molar-refractivity contribution in [3.8, 4) is 0 Å². The molecule has 0 aliphatic rings. The van der Waals surface area contributed by atoms with Gasteiger partial charge in [0.15, 0.2) is 6.10 Å². The molecule has 0 saturated heterocycles. The van der Waals surface area contributed by atoms with Crippen LogP contribution in [-0.2, 0) is 28.6 Å². The van der Waals surface area contributed by atoms with Crippen LogP contribution in [0.5, 0.6) is 0 Å². The summed E-state index contributed by atoms with van der Waals surface area (Å²) < 4.78 is 16.9. The molecule has 6 nitrogen and oxygen atoms in total. The van der Waals surface area contributed by atoms with E-state index in [4.69, 9.17) is 14.2 Å². The minimum absolute atomic E-state index is 0.0619. The summed E-state index contributed by atoms with van der Waals surface area (Å²) >= 11 is 0. The van der Waals surface area contributed by atoms with E-state index in [-0.39, 0.29) is 31.1 Å². The highest BCUT2D eigenvalue weighted by atomic mass is 16.6. The van der Waals surface area contributed by atoms with Gasteiger partial charge in [0.25, 0.3) is 0 Å². The van der Waals surface area contributed by atoms with Crippen molar-refractivity contribution in [1.29, 1.82) is 0 Å². The van der Waals surface area contributed by atoms with E-state index in [0.29, 0.717) is 19.3 Å². The molecule has 0 radical (unpaired) electrons. The van der Waals surface area contributed by atoms with Gasteiger partial charge in [-0.25, -0.2) is 0 Å². The quantitative estimate of drug-likeness (QED) is 0.0344. The van der Waals surface area contributed by atoms with E-state index >= 15 is 0 Å². The Morgan fingerprint density at radius 3 is 0.825 bits per heavy atom. The van der Waals surface area contributed by atoms with Crippen molar-refractivity contribution < 1.29 is 28.6 Å². The number of hydrogen-bond acceptors (Lipinski definition) is 6. The molecule has 0 aliphatic heterocycles. The molecule has 0 fully saturated rings. The minimum atomic E-state index is -0.761. The lowest BCUT2D eigenvalue weighted by Gasteiger charge is -2.18. The number of unbranched alkanes of at least 4 members (excludes halogenated alkanes) is 38. The standard InChI is InChI=1S/C57H110O6/c1-5-8-10-12-14-16-18-20-21-25-29-32-36-40-44-48-55(58)61-51-54(63-57(60)50-46-42-38-34-28-19-17-15-13-11-9-6-2)52-62-56(59)49-45-41-37-33-30-26-23-22-24-27-31-35-39-43-47-53(4)7-3/h53-54H,5-52H2,1-4H3/t53?,54-/m0/s1. The summed E-state index contributed by atoms with van der Waals surface area (Å²) in [4.78, 5) is 38.1. The van der Waals surface area contributed by atoms with E-state index in [9.17, 15) is 14.4 Å². The van der Waals surface area contributed by atoms with Crippen LogP contribution in [0.1, 0.15) is 323 Å². The second-order valence-electron chi connectivity index (χ2n) is 19.8. The third-order valence-electron chi connectivity index (χ3n) is 13.4. The van der Waals surface area contributed by atoms with E-state index in [1.54, 1.807) is 0 Å². The smallest absolute Gasteiger partial charge is 0.306 e. The van der Waals surface area contributed by atoms with E-state index in [2.05, 4.69) is 27.7 Å². The first-order chi connectivity index (χ1) is 30.9. The summed E-state index contributed by atoms with van der Waals surface area (Å²) in [6, 6.07) is 0. The molecule has 0 heterocycles. The molecule has 0 aromatic rings. The first kappa shape index (κ1) is 61.4. The van der Waals surface area contributed by atoms with Gasteiger partial charge in [-0.3, -0.25) is 14.4 Å². The van der Waals surface area contributed by atoms with Gasteiger partial charge in [-0.2, -0.15) is 0 Å². The zero-order valence-electron chi connectivity index (χ0n) is 43.0. The van der Waals surface area contributed by atoms with Gasteiger partial charge in [-0.15, -0.1) is 0 Å². The predicted molar refractivity (Wildman–Crippen MR) is 270 cm³/mol. The van der Waals surface area contributed by atoms with E-state index < -0.39 is 6.10 Å². The van der Waals surface area contributed by atoms with Gasteiger partial charge < -0.3 is 14.2 Å². The molecule has 374 valence electrons. The van der Waals surface area contributed by atoms with Gasteiger partial charge in [-0.1, -0.05) is 285 Å². The summed E-state index contributed by atoms with van der Waals surface area (Å²) in [6.45, 7) is 9.09. The van der Waals surface area contributed by atoms with Gasteiger partial charge in [0, 0.05) is 19.3 Å². The summed E-state index contributed by atoms with van der Waals surface area (Å²) in [5, 5.41) is 0. The van der Waals surface area contributed by atoms with Gasteiger partial charge in [0.2, 0.25) is 0 Å². The Morgan fingerprint density at radius 2 is 0.556 bits per heavy atom. The molecular formula is C57H110O6. The first-order valence-electron chi connectivity index (χ1n) is 28.4. The molecule has 0 spiro atoms. The second-order valence-corrected chi connectivity index (χ2v) is 19.8. The van der Waals surface area contributed by atoms with Crippen molar-refractivity contribution in [2.45, 2.75) is 329 Å². The molecular weight excluding hydrogens is 781 g/mol. The van der Waals surface area contributed by atoms with Crippen LogP contribution < -0.4 is 0 Å². The van der Waals surface area contributed by atoms with Crippen molar-refractivity contribution in [2.75, 3.05) is 13.2 Å². The molecule has 0 N–H and O–H groups in total. The predicted octanol–water partition coefficient (Wildman–Crippen LogP) is 18.6. The summed E-state index contributed by atoms with van der Waals surface area (Å²) in [6.07, 6.45) is 55.1. The van der Waals surface area contributed by atoms with Crippen molar-refractivity contribution in [1.82, 2.24) is 0 Å². The molecule has 0 aromatic heterocycles. The lowest BCUT2D eigenvalue weighted by Crippen LogP contribution is -2.30. The molecule has 0 aliphatic carbocycles. The SMILES string of the molecule is CCCCCCCCCCCCCCCCCC(=O)OC[C@@H](COC(=O)CCCCCCCCCCCCCCCCC(C)CC)OC(=O)CCCCCCCCCCCCCC. The number of carbonyl (C=O) groups excluding carboxylic acids is 3. The number of carbonyl (C=O) groups is 3. The average molecular weight is 892 g/mol. The zero-order chi connectivity index (χ0) is 45.9. The summed E-state index contributed by atoms with van der Waals surface area (Å²) in [5.41, 5.74) is 0. The molecule has 63 heavy (non-hydrogen) atoms. The molecule has 6 heteroatoms. The molecule has 0 bridgehead atoms. The monoisotopic (exact) mass is 891 g/mol. The Morgan fingerprint density at radius 1 is 0.317 bits per heavy atom. The van der Waals surface area contributed by atoms with Crippen LogP contribution in [0.25, 0.3) is 0 Å². The van der Waals surface area contributed by atoms with Crippen LogP contribution >= 0.6 is 0 Å². The van der Waals surface area contributed by atoms with Crippen LogP contribution in [0.2, 0.25) is 0 Å². The molecule has 0 aromatic carbocycles. The fourth-order valence-electron chi connectivity index (χ4n) is 8.72. The van der Waals surface area contributed by atoms with Gasteiger partial charge in [-0.05, 0) is 25.2 Å². The Kier molecular flexibility index (Phi) is 50.1. The molecule has 1 unspecified atom stereocenters. The maximum Gasteiger partial charge on any atom is 0.306 e. The Hall–Kier alpha value is -1.59. The molecule has 0 saturated carbocycles. The van der Waals surface area contributed by atoms with Gasteiger partial charge in [0.05, 0.1) is 0 Å². The number of esters is 3. The van der Waals surface area contributed by atoms with Crippen LogP contribution in [0.3, 0.4) is 0 Å². The average Bonchev–Trinajstić information content (AvgIpc) is 3.28. The lowest BCUT2D eigenvalue weighted by atomic mass is 9.99. The molecule has 0 rings (SSSR count). The third-order valence-corrected chi connectivity index (χ3v) is 13.4. The van der Waals surface area contributed by atoms with Gasteiger partial charge in [0.1, 0.15) is 13.2 Å². The van der Waals surface area contributed by atoms with E-state index in [0.717, 1.165) is 63.7 Å². The zero-order valence-corrected chi connectivity index (χ0v) is 43.0. The molecule has 0 amide bonds. The fraction of sp³-hybridized carbons (Fsp3) is 0.947. The normalized spacial score (nSPS) is 12.4. The largest absolute Gasteiger partial charge is 0.462 e. The van der Waals surface area contributed by atoms with Crippen LogP contribution in [0.4, 0.5) is 0 Å². The summed E-state index contributed by atoms with van der Waals surface area (Å²) in [5.74, 6) is 0.0589. The van der Waals surface area contributed by atoms with Crippen molar-refractivity contribution in [3.63, 3.8) is 0 Å². The van der Waals surface area contributed by atoms with Gasteiger partial charge >= 0.3 is 17.9 Å². The Balaban J connectivity index is 4.27. The van der Waals surface area contributed by atoms with Crippen molar-refractivity contribution >= 4 is 17.9 Å². The Labute approximate surface area is 393 Å². The third kappa shape index (κ3) is 49.7. The highest BCUT2D eigenvalue weighted by Crippen LogP contribution is 2.18. The number of hydrogen-bond donors (Lipinski definition) is 0. The maximum absolute atomic E-state index is 12.8. The maximum atomic E-state index is 12.8. The highest BCUT2D eigenvalue weighted by molar-refractivity contribution is 5.71. The van der Waals surface area contributed by atoms with Crippen molar-refractivity contribution in [3.05, 3.63) is 0 Å². The number of rotatable bonds is 52. The molecule has 2 atom stereocenters. The van der Waals surface area contributed by atoms with Crippen molar-refractivity contribution in [2.24, 2.45) is 5.92 Å². The number of ether oxygens (including phenoxy) is 3. The van der Waals surface area contributed by atoms with Crippen LogP contribution in [0.15, 0.2) is 0 Å². The second kappa shape index (κ2) is 51.4. The van der Waals surface area contributed by atoms with Crippen LogP contribution in [-0.4, -0.2) is 37.2 Å². The fourth-order valence-corrected chi connectivity index (χ4v) is 8.72. The van der Waals surface area contributed by atoms with E-state index in [1.165, 1.54) is 218 Å². The minimum Gasteiger partial charge on any atom is -0.462 e. The Bertz CT molecular complexity index is 951. The lowest BCUT2D eigenvalue weighted by molar-refractivity contribution is -0.167. The topological polar surface area (TPSA) is 78.9 Å². The van der Waals surface area contributed by atoms with Crippen LogP contribution in [0, 0.1) is 5.92 Å². The summed E-state index contributed by atoms with van der Waals surface area (Å²) in [7, 11) is 0. The van der Waals surface area contributed by atoms with E-state index in [1.807, 2.05) is 0 Å².